The normalized spacial score (nSPS) is 25.8. The molecule has 0 aliphatic carbocycles. The number of benzene rings is 1. The molecule has 28 unspecified atom stereocenters. The number of hydrogen-bond acceptors (Lipinski definition) is 34. The van der Waals surface area contributed by atoms with Crippen molar-refractivity contribution in [2.75, 3.05) is 26.8 Å². The minimum Gasteiger partial charge on any atom is -0.508 e. The van der Waals surface area contributed by atoms with Crippen LogP contribution < -0.4 is 54.0 Å². The van der Waals surface area contributed by atoms with Crippen molar-refractivity contribution in [2.24, 2.45) is 11.5 Å². The molecule has 0 radical (unpaired) electrons. The highest BCUT2D eigenvalue weighted by molar-refractivity contribution is 6.02. The number of carbonyl (C=O) groups excluding carboxylic acids is 11. The van der Waals surface area contributed by atoms with Gasteiger partial charge in [-0.05, 0) is 71.6 Å². The summed E-state index contributed by atoms with van der Waals surface area (Å²) in [5.74, 6) is -18.3. The molecule has 29 N–H and O–H groups in total. The van der Waals surface area contributed by atoms with Crippen LogP contribution in [-0.4, -0.2) is 360 Å². The maximum atomic E-state index is 14.5. The number of nitrogens with one attached hydrogen (secondary N) is 8. The quantitative estimate of drug-likeness (QED) is 0.0213. The monoisotopic (exact) mass is 1750 g/mol. The van der Waals surface area contributed by atoms with Crippen LogP contribution in [0.25, 0.3) is 0 Å². The van der Waals surface area contributed by atoms with Crippen molar-refractivity contribution in [3.8, 4) is 5.75 Å². The minimum atomic E-state index is -2.33. The topological polar surface area (TPSA) is 773 Å². The summed E-state index contributed by atoms with van der Waals surface area (Å²) in [5.41, 5.74) is 9.57. The van der Waals surface area contributed by atoms with Gasteiger partial charge in [0.2, 0.25) is 53.2 Å². The van der Waals surface area contributed by atoms with Gasteiger partial charge in [-0.2, -0.15) is 0 Å². The third-order valence-electron chi connectivity index (χ3n) is 20.4. The van der Waals surface area contributed by atoms with Gasteiger partial charge in [0.05, 0.1) is 50.3 Å². The third kappa shape index (κ3) is 31.7. The Hall–Kier alpha value is -8.93. The number of nitrogens with zero attached hydrogens (tertiary/aromatic N) is 1. The van der Waals surface area contributed by atoms with Crippen LogP contribution >= 0.6 is 0 Å². The second-order valence-electron chi connectivity index (χ2n) is 30.1. The van der Waals surface area contributed by atoms with E-state index in [2.05, 4.69) is 49.5 Å². The fourth-order valence-corrected chi connectivity index (χ4v) is 13.2. The first kappa shape index (κ1) is 105. The molecule has 3 heterocycles. The molecule has 47 nitrogen and oxygen atoms in total. The number of aliphatic hydroxyl groups is 14. The van der Waals surface area contributed by atoms with E-state index < -0.39 is 299 Å². The van der Waals surface area contributed by atoms with Crippen molar-refractivity contribution in [3.63, 3.8) is 0 Å². The number of aliphatic hydroxyl groups excluding tert-OH is 14. The zero-order valence-electron chi connectivity index (χ0n) is 68.4. The van der Waals surface area contributed by atoms with Crippen LogP contribution in [-0.2, 0) is 90.8 Å². The number of aliphatic carboxylic acids is 2. The number of rotatable bonds is 52. The molecular formula is C75H121N11O36. The van der Waals surface area contributed by atoms with Gasteiger partial charge < -0.3 is 174 Å². The number of likely N-dealkylation sites (N-methyl/N-ethyl adjacent to an activating group) is 1. The molecule has 1 aromatic carbocycles. The van der Waals surface area contributed by atoms with Gasteiger partial charge in [-0.25, -0.2) is 9.59 Å². The fraction of sp³-hybridized carbons (Fsp3) is 0.720. The molecule has 28 atom stereocenters. The summed E-state index contributed by atoms with van der Waals surface area (Å²) < 4.78 is 33.3. The molecule has 0 saturated carbocycles. The van der Waals surface area contributed by atoms with E-state index >= 15 is 0 Å². The molecule has 11 amide bonds. The van der Waals surface area contributed by atoms with Crippen molar-refractivity contribution in [3.05, 3.63) is 41.6 Å². The maximum Gasteiger partial charge on any atom is 0.335 e. The third-order valence-corrected chi connectivity index (χ3v) is 20.4. The minimum absolute atomic E-state index is 0.187. The molecule has 0 bridgehead atoms. The molecule has 3 aliphatic rings. The smallest absolute Gasteiger partial charge is 0.335 e. The van der Waals surface area contributed by atoms with Gasteiger partial charge in [-0.1, -0.05) is 95.8 Å². The van der Waals surface area contributed by atoms with Gasteiger partial charge in [-0.3, -0.25) is 52.7 Å². The molecule has 122 heavy (non-hydrogen) atoms. The molecular weight excluding hydrogens is 1630 g/mol. The summed E-state index contributed by atoms with van der Waals surface area (Å²) in [4.78, 5) is 176. The van der Waals surface area contributed by atoms with E-state index in [0.717, 1.165) is 123 Å². The maximum absolute atomic E-state index is 14.5. The van der Waals surface area contributed by atoms with Gasteiger partial charge in [0.1, 0.15) is 121 Å². The van der Waals surface area contributed by atoms with Gasteiger partial charge in [-0.15, -0.1) is 0 Å². The van der Waals surface area contributed by atoms with Crippen LogP contribution in [0.5, 0.6) is 5.75 Å². The Balaban J connectivity index is 1.57. The lowest BCUT2D eigenvalue weighted by Crippen LogP contribution is -2.64. The number of hydrogen-bond donors (Lipinski definition) is 27. The number of carboxylic acid groups (broad SMARTS) is 2. The zero-order chi connectivity index (χ0) is 91.9. The van der Waals surface area contributed by atoms with Crippen LogP contribution in [0.3, 0.4) is 0 Å². The average Bonchev–Trinajstić information content (AvgIpc) is 0.790. The number of carbonyl (C=O) groups is 13. The van der Waals surface area contributed by atoms with Gasteiger partial charge in [0.25, 0.3) is 11.8 Å². The highest BCUT2D eigenvalue weighted by Gasteiger charge is 2.53. The predicted octanol–water partition coefficient (Wildman–Crippen LogP) is -9.94. The Labute approximate surface area is 700 Å². The summed E-state index contributed by atoms with van der Waals surface area (Å²) >= 11 is 0. The number of phenols is 1. The van der Waals surface area contributed by atoms with Crippen molar-refractivity contribution in [1.29, 1.82) is 0 Å². The second-order valence-corrected chi connectivity index (χ2v) is 30.1. The summed E-state index contributed by atoms with van der Waals surface area (Å²) in [7, 11) is 0.959. The van der Waals surface area contributed by atoms with E-state index in [0.29, 0.717) is 17.7 Å². The molecule has 3 saturated heterocycles. The molecule has 3 fully saturated rings. The zero-order valence-corrected chi connectivity index (χ0v) is 68.4. The number of unbranched alkanes of at least 4 members (excludes halogenated alkanes) is 10. The van der Waals surface area contributed by atoms with Crippen LogP contribution in [0, 0.1) is 0 Å². The Kier molecular flexibility index (Phi) is 44.4. The lowest BCUT2D eigenvalue weighted by molar-refractivity contribution is -0.349. The standard InChI is InChI=1S/C75H121N11O36/c1-8-10-11-12-13-14-15-16-17-18-19-20-42(119-73-60(104)61(41(92)31-117-73)121-75-59(103)56(100)57(101)62(122-75)72(115)116)54(98)70(112)84-49(34(5)90)66(108)82-47(32(3)88)65(107)83-48(33(4)89)67(109)85-50(52(96)36-21-23-37(91)24-22-36)68(110)79-38(9-2)64(106)80-39(25-27-44(76)93)63(105)78-29-46(95)86(7)51(69(111)81-40(71(113)114)26-28-45(77)94)35(6)118-74-58(102)55(99)53(97)43(30-87)120-74/h9,21-24,32-35,39-43,47-62,73-75,87-92,96-104H,8,10-20,25-31H2,1-7H3,(H2,76,93)(H2,77,94)(H,78,105)(H,79,110)(H,80,106)(H,81,111)(H,82,108)(H,83,107)(H,84,112)(H,85,109)(H,113,114)(H,115,116). The first-order chi connectivity index (χ1) is 57.3. The molecule has 3 aliphatic heterocycles. The first-order valence-corrected chi connectivity index (χ1v) is 39.8. The summed E-state index contributed by atoms with van der Waals surface area (Å²) in [6, 6.07) is -10.3. The van der Waals surface area contributed by atoms with Gasteiger partial charge in [0.15, 0.2) is 31.1 Å². The highest BCUT2D eigenvalue weighted by atomic mass is 16.7. The predicted molar refractivity (Wildman–Crippen MR) is 413 cm³/mol. The summed E-state index contributed by atoms with van der Waals surface area (Å²) in [6.07, 6.45) is -33.7. The molecule has 47 heteroatoms. The fourth-order valence-electron chi connectivity index (χ4n) is 13.2. The number of primary amides is 2. The van der Waals surface area contributed by atoms with E-state index in [1.807, 2.05) is 0 Å². The number of allylic oxidation sites excluding steroid dienone is 1. The van der Waals surface area contributed by atoms with Gasteiger partial charge in [0, 0.05) is 19.9 Å². The number of carboxylic acids is 2. The number of amides is 11. The van der Waals surface area contributed by atoms with E-state index in [4.69, 9.17) is 39.9 Å². The Morgan fingerprint density at radius 1 is 0.549 bits per heavy atom. The lowest BCUT2D eigenvalue weighted by atomic mass is 9.98. The second kappa shape index (κ2) is 51.4. The molecule has 4 rings (SSSR count). The van der Waals surface area contributed by atoms with Crippen LogP contribution in [0.4, 0.5) is 0 Å². The molecule has 692 valence electrons. The number of phenolic OH excluding ortho intramolecular Hbond substituents is 1. The first-order valence-electron chi connectivity index (χ1n) is 39.8. The van der Waals surface area contributed by atoms with E-state index in [-0.39, 0.29) is 24.2 Å². The Morgan fingerprint density at radius 3 is 1.53 bits per heavy atom. The van der Waals surface area contributed by atoms with Crippen molar-refractivity contribution in [1.82, 2.24) is 47.4 Å². The molecule has 0 spiro atoms. The summed E-state index contributed by atoms with van der Waals surface area (Å²) in [5, 5.41) is 198. The number of nitrogens with two attached hydrogens (primary N) is 2. The van der Waals surface area contributed by atoms with E-state index in [1.54, 1.807) is 0 Å². The Morgan fingerprint density at radius 2 is 1.04 bits per heavy atom. The molecule has 1 aromatic rings. The summed E-state index contributed by atoms with van der Waals surface area (Å²) in [6.45, 7) is 4.52. The van der Waals surface area contributed by atoms with Crippen molar-refractivity contribution >= 4 is 76.9 Å². The SMILES string of the molecule is CC=C(NC(=O)C(NC(=O)C(NC(=O)C(NC(=O)C(NC(=O)C(O)C(CCCCCCCCCCCCC)OC1OCC(O)C(OC2OC(C(=O)O)C(O)C(O)C2O)C1O)C(C)O)C(C)O)C(C)O)C(O)c1ccc(O)cc1)C(=O)NC(CCC(N)=O)C(=O)NCC(=O)N(C)C(C(=O)NC(CCC(N)=O)C(=O)O)C(C)OC1OC(CO)C(O)C(O)C1O. The number of aromatic hydroxyl groups is 1. The van der Waals surface area contributed by atoms with Gasteiger partial charge >= 0.3 is 11.9 Å². The average molecular weight is 1750 g/mol. The molecule has 0 aromatic heterocycles. The van der Waals surface area contributed by atoms with E-state index in [9.17, 15) is 149 Å². The van der Waals surface area contributed by atoms with Crippen LogP contribution in [0.2, 0.25) is 0 Å². The largest absolute Gasteiger partial charge is 0.508 e. The van der Waals surface area contributed by atoms with E-state index in [1.165, 1.54) is 0 Å². The highest BCUT2D eigenvalue weighted by Crippen LogP contribution is 2.31. The van der Waals surface area contributed by atoms with Crippen molar-refractivity contribution < 1.29 is 178 Å². The lowest BCUT2D eigenvalue weighted by Gasteiger charge is -2.44. The Bertz CT molecular complexity index is 3620. The number of ether oxygens (including phenoxy) is 6. The van der Waals surface area contributed by atoms with Crippen LogP contribution in [0.15, 0.2) is 36.0 Å². The van der Waals surface area contributed by atoms with Crippen molar-refractivity contribution in [2.45, 2.75) is 315 Å². The van der Waals surface area contributed by atoms with Crippen LogP contribution in [0.1, 0.15) is 156 Å².